The quantitative estimate of drug-likeness (QED) is 0.668. The summed E-state index contributed by atoms with van der Waals surface area (Å²) in [6.45, 7) is 0. The Kier molecular flexibility index (Phi) is 4.55. The summed E-state index contributed by atoms with van der Waals surface area (Å²) in [5.74, 6) is 0.750. The van der Waals surface area contributed by atoms with Crippen molar-refractivity contribution in [1.29, 1.82) is 0 Å². The molecule has 2 aromatic rings. The van der Waals surface area contributed by atoms with Crippen LogP contribution in [-0.2, 0) is 0 Å². The van der Waals surface area contributed by atoms with Crippen LogP contribution in [-0.4, -0.2) is 7.11 Å². The Bertz CT molecular complexity index is 540. The molecule has 0 N–H and O–H groups in total. The SMILES string of the molecule is COc1ccc(C(Br)c2ccc(Cl)cc2)c(Cl)c1. The fraction of sp³-hybridized carbons (Fsp3) is 0.143. The molecule has 0 amide bonds. The maximum atomic E-state index is 6.25. The molecule has 2 aromatic carbocycles. The second-order valence-corrected chi connectivity index (χ2v) is 5.56. The van der Waals surface area contributed by atoms with Gasteiger partial charge in [-0.1, -0.05) is 57.3 Å². The zero-order valence-corrected chi connectivity index (χ0v) is 12.8. The number of rotatable bonds is 3. The van der Waals surface area contributed by atoms with Gasteiger partial charge in [-0.2, -0.15) is 0 Å². The normalized spacial score (nSPS) is 12.2. The van der Waals surface area contributed by atoms with E-state index in [2.05, 4.69) is 15.9 Å². The molecule has 0 spiro atoms. The average molecular weight is 346 g/mol. The van der Waals surface area contributed by atoms with Crippen molar-refractivity contribution in [2.45, 2.75) is 4.83 Å². The first-order valence-electron chi connectivity index (χ1n) is 5.35. The third-order valence-electron chi connectivity index (χ3n) is 2.64. The van der Waals surface area contributed by atoms with Crippen LogP contribution in [0.15, 0.2) is 42.5 Å². The zero-order chi connectivity index (χ0) is 13.1. The van der Waals surface area contributed by atoms with Gasteiger partial charge in [-0.05, 0) is 35.4 Å². The van der Waals surface area contributed by atoms with Crippen LogP contribution in [0.4, 0.5) is 0 Å². The van der Waals surface area contributed by atoms with Gasteiger partial charge in [0.05, 0.1) is 11.9 Å². The Morgan fingerprint density at radius 2 is 1.72 bits per heavy atom. The monoisotopic (exact) mass is 344 g/mol. The van der Waals surface area contributed by atoms with Gasteiger partial charge >= 0.3 is 0 Å². The van der Waals surface area contributed by atoms with Crippen LogP contribution in [0.5, 0.6) is 5.75 Å². The maximum Gasteiger partial charge on any atom is 0.120 e. The van der Waals surface area contributed by atoms with Gasteiger partial charge in [0, 0.05) is 10.0 Å². The van der Waals surface area contributed by atoms with Gasteiger partial charge in [0.15, 0.2) is 0 Å². The van der Waals surface area contributed by atoms with Gasteiger partial charge in [0.25, 0.3) is 0 Å². The Labute approximate surface area is 125 Å². The van der Waals surface area contributed by atoms with Gasteiger partial charge in [-0.15, -0.1) is 0 Å². The Balaban J connectivity index is 2.33. The summed E-state index contributed by atoms with van der Waals surface area (Å²) >= 11 is 15.8. The first-order chi connectivity index (χ1) is 8.61. The molecule has 0 saturated carbocycles. The van der Waals surface area contributed by atoms with Crippen molar-refractivity contribution >= 4 is 39.1 Å². The smallest absolute Gasteiger partial charge is 0.120 e. The molecule has 2 rings (SSSR count). The predicted molar refractivity (Wildman–Crippen MR) is 80.2 cm³/mol. The lowest BCUT2D eigenvalue weighted by molar-refractivity contribution is 0.414. The number of alkyl halides is 1. The minimum absolute atomic E-state index is 0.0353. The second kappa shape index (κ2) is 5.96. The molecule has 0 aromatic heterocycles. The van der Waals surface area contributed by atoms with E-state index in [1.54, 1.807) is 13.2 Å². The summed E-state index contributed by atoms with van der Waals surface area (Å²) in [4.78, 5) is 0.0353. The molecule has 1 unspecified atom stereocenters. The molecule has 0 aliphatic heterocycles. The van der Waals surface area contributed by atoms with Crippen LogP contribution < -0.4 is 4.74 Å². The van der Waals surface area contributed by atoms with Crippen molar-refractivity contribution in [3.63, 3.8) is 0 Å². The molecule has 0 bridgehead atoms. The van der Waals surface area contributed by atoms with E-state index >= 15 is 0 Å². The minimum Gasteiger partial charge on any atom is -0.497 e. The summed E-state index contributed by atoms with van der Waals surface area (Å²) in [5, 5.41) is 1.39. The molecule has 1 atom stereocenters. The maximum absolute atomic E-state index is 6.25. The van der Waals surface area contributed by atoms with E-state index in [1.807, 2.05) is 36.4 Å². The first-order valence-corrected chi connectivity index (χ1v) is 7.02. The second-order valence-electron chi connectivity index (χ2n) is 3.80. The molecule has 1 nitrogen and oxygen atoms in total. The fourth-order valence-electron chi connectivity index (χ4n) is 1.65. The van der Waals surface area contributed by atoms with E-state index in [0.29, 0.717) is 5.02 Å². The summed E-state index contributed by atoms with van der Waals surface area (Å²) < 4.78 is 5.13. The number of ether oxygens (including phenoxy) is 1. The Morgan fingerprint density at radius 1 is 1.06 bits per heavy atom. The lowest BCUT2D eigenvalue weighted by Gasteiger charge is -2.13. The number of methoxy groups -OCH3 is 1. The van der Waals surface area contributed by atoms with Crippen LogP contribution in [0.3, 0.4) is 0 Å². The highest BCUT2D eigenvalue weighted by molar-refractivity contribution is 9.09. The van der Waals surface area contributed by atoms with Gasteiger partial charge < -0.3 is 4.74 Å². The topological polar surface area (TPSA) is 9.23 Å². The third kappa shape index (κ3) is 3.00. The molecule has 0 radical (unpaired) electrons. The average Bonchev–Trinajstić information content (AvgIpc) is 2.38. The van der Waals surface area contributed by atoms with E-state index in [4.69, 9.17) is 27.9 Å². The van der Waals surface area contributed by atoms with E-state index in [1.165, 1.54) is 0 Å². The number of hydrogen-bond acceptors (Lipinski definition) is 1. The molecule has 0 aliphatic rings. The summed E-state index contributed by atoms with van der Waals surface area (Å²) in [7, 11) is 1.62. The highest BCUT2D eigenvalue weighted by atomic mass is 79.9. The standard InChI is InChI=1S/C14H11BrCl2O/c1-18-11-6-7-12(13(17)8-11)14(15)9-2-4-10(16)5-3-9/h2-8,14H,1H3. The van der Waals surface area contributed by atoms with Gasteiger partial charge in [0.1, 0.15) is 5.75 Å². The zero-order valence-electron chi connectivity index (χ0n) is 9.66. The van der Waals surface area contributed by atoms with Crippen molar-refractivity contribution < 1.29 is 4.74 Å². The molecule has 4 heteroatoms. The number of benzene rings is 2. The van der Waals surface area contributed by atoms with Crippen molar-refractivity contribution in [3.05, 3.63) is 63.6 Å². The minimum atomic E-state index is 0.0353. The molecular formula is C14H11BrCl2O. The molecule has 0 fully saturated rings. The summed E-state index contributed by atoms with van der Waals surface area (Å²) in [6.07, 6.45) is 0. The van der Waals surface area contributed by atoms with Crippen molar-refractivity contribution in [1.82, 2.24) is 0 Å². The van der Waals surface area contributed by atoms with Crippen molar-refractivity contribution in [2.75, 3.05) is 7.11 Å². The fourth-order valence-corrected chi connectivity index (χ4v) is 2.89. The highest BCUT2D eigenvalue weighted by Crippen LogP contribution is 2.37. The molecule has 0 heterocycles. The lowest BCUT2D eigenvalue weighted by Crippen LogP contribution is -1.94. The van der Waals surface area contributed by atoms with Crippen LogP contribution >= 0.6 is 39.1 Å². The number of halogens is 3. The van der Waals surface area contributed by atoms with Crippen molar-refractivity contribution in [2.24, 2.45) is 0 Å². The molecule has 0 saturated heterocycles. The van der Waals surface area contributed by atoms with E-state index in [9.17, 15) is 0 Å². The van der Waals surface area contributed by atoms with Gasteiger partial charge in [-0.25, -0.2) is 0 Å². The Hall–Kier alpha value is -0.700. The molecule has 18 heavy (non-hydrogen) atoms. The van der Waals surface area contributed by atoms with Crippen molar-refractivity contribution in [3.8, 4) is 5.75 Å². The summed E-state index contributed by atoms with van der Waals surface area (Å²) in [5.41, 5.74) is 2.10. The summed E-state index contributed by atoms with van der Waals surface area (Å²) in [6, 6.07) is 13.3. The van der Waals surface area contributed by atoms with Crippen LogP contribution in [0.25, 0.3) is 0 Å². The van der Waals surface area contributed by atoms with Gasteiger partial charge in [-0.3, -0.25) is 0 Å². The van der Waals surface area contributed by atoms with Crippen LogP contribution in [0.2, 0.25) is 10.0 Å². The molecular weight excluding hydrogens is 335 g/mol. The first kappa shape index (κ1) is 13.7. The Morgan fingerprint density at radius 3 is 2.28 bits per heavy atom. The predicted octanol–water partition coefficient (Wildman–Crippen LogP) is 5.49. The largest absolute Gasteiger partial charge is 0.497 e. The number of hydrogen-bond donors (Lipinski definition) is 0. The van der Waals surface area contributed by atoms with Crippen LogP contribution in [0, 0.1) is 0 Å². The highest BCUT2D eigenvalue weighted by Gasteiger charge is 2.14. The van der Waals surface area contributed by atoms with E-state index in [-0.39, 0.29) is 4.83 Å². The van der Waals surface area contributed by atoms with E-state index < -0.39 is 0 Å². The lowest BCUT2D eigenvalue weighted by atomic mass is 10.0. The van der Waals surface area contributed by atoms with E-state index in [0.717, 1.165) is 21.9 Å². The third-order valence-corrected chi connectivity index (χ3v) is 4.24. The molecule has 94 valence electrons. The van der Waals surface area contributed by atoms with Crippen LogP contribution in [0.1, 0.15) is 16.0 Å². The van der Waals surface area contributed by atoms with Gasteiger partial charge in [0.2, 0.25) is 0 Å². The molecule has 0 aliphatic carbocycles.